The fourth-order valence-electron chi connectivity index (χ4n) is 5.73. The number of methoxy groups -OCH3 is 2. The number of hydrogen-bond donors (Lipinski definition) is 3. The van der Waals surface area contributed by atoms with Crippen LogP contribution in [0.1, 0.15) is 42.7 Å². The lowest BCUT2D eigenvalue weighted by molar-refractivity contribution is -0.115. The lowest BCUT2D eigenvalue weighted by atomic mass is 9.80. The third kappa shape index (κ3) is 5.85. The van der Waals surface area contributed by atoms with E-state index in [2.05, 4.69) is 20.3 Å². The Hall–Kier alpha value is -5.04. The smallest absolute Gasteiger partial charge is 0.280 e. The molecule has 6 rings (SSSR count). The molecule has 0 saturated carbocycles. The van der Waals surface area contributed by atoms with Crippen molar-refractivity contribution in [3.05, 3.63) is 112 Å². The molecular weight excluding hydrogens is 590 g/mol. The van der Waals surface area contributed by atoms with Crippen LogP contribution in [-0.2, 0) is 19.9 Å². The van der Waals surface area contributed by atoms with Gasteiger partial charge in [-0.3, -0.25) is 24.5 Å². The largest absolute Gasteiger partial charge is 0.497 e. The molecule has 238 valence electrons. The van der Waals surface area contributed by atoms with Crippen molar-refractivity contribution in [1.82, 2.24) is 19.5 Å². The van der Waals surface area contributed by atoms with Crippen molar-refractivity contribution in [3.8, 4) is 11.5 Å². The maximum absolute atomic E-state index is 12.7. The number of nitrogens with one attached hydrogen (secondary N) is 2. The van der Waals surface area contributed by atoms with Gasteiger partial charge in [-0.25, -0.2) is 4.98 Å². The number of hydrogen-bond acceptors (Lipinski definition) is 9. The van der Waals surface area contributed by atoms with E-state index in [0.717, 1.165) is 16.7 Å². The Morgan fingerprint density at radius 1 is 1.00 bits per heavy atom. The fourth-order valence-corrected chi connectivity index (χ4v) is 5.73. The number of aliphatic hydroxyl groups excluding tert-OH is 1. The van der Waals surface area contributed by atoms with E-state index in [1.54, 1.807) is 25.7 Å². The van der Waals surface area contributed by atoms with Gasteiger partial charge in [-0.2, -0.15) is 4.98 Å². The van der Waals surface area contributed by atoms with Gasteiger partial charge in [0.2, 0.25) is 11.9 Å². The minimum Gasteiger partial charge on any atom is -0.497 e. The number of aromatic nitrogens is 4. The monoisotopic (exact) mass is 625 g/mol. The summed E-state index contributed by atoms with van der Waals surface area (Å²) < 4.78 is 25.7. The summed E-state index contributed by atoms with van der Waals surface area (Å²) in [6, 6.07) is 25.2. The van der Waals surface area contributed by atoms with E-state index in [9.17, 15) is 14.7 Å². The predicted octanol–water partition coefficient (Wildman–Crippen LogP) is 4.14. The van der Waals surface area contributed by atoms with E-state index >= 15 is 0 Å². The number of imidazole rings is 1. The zero-order chi connectivity index (χ0) is 32.3. The first-order valence-electron chi connectivity index (χ1n) is 14.9. The van der Waals surface area contributed by atoms with Crippen LogP contribution in [0.25, 0.3) is 11.2 Å². The van der Waals surface area contributed by atoms with Gasteiger partial charge in [-0.05, 0) is 41.0 Å². The first-order chi connectivity index (χ1) is 22.4. The minimum absolute atomic E-state index is 0.0103. The first kappa shape index (κ1) is 31.0. The molecule has 1 saturated heterocycles. The van der Waals surface area contributed by atoms with Gasteiger partial charge in [-0.1, -0.05) is 61.5 Å². The Morgan fingerprint density at radius 3 is 2.20 bits per heavy atom. The standard InChI is InChI=1S/C34H35N5O7/c1-4-28(41)36-33-37-31-30(32(42)38-33)35-20-39(31)29-18-26(40)27(46-29)19-45-34(21-8-6-5-7-9-21,22-10-14-24(43-2)15-11-22)23-12-16-25(44-3)17-13-23/h5-17,20,26-27,29,40H,4,18-19H2,1-3H3,(H2,36,37,38,41,42). The van der Waals surface area contributed by atoms with Crippen molar-refractivity contribution in [2.24, 2.45) is 0 Å². The first-order valence-corrected chi connectivity index (χ1v) is 14.9. The number of anilines is 1. The van der Waals surface area contributed by atoms with Gasteiger partial charge in [0, 0.05) is 12.8 Å². The highest BCUT2D eigenvalue weighted by Gasteiger charge is 2.42. The van der Waals surface area contributed by atoms with Crippen molar-refractivity contribution < 1.29 is 28.8 Å². The lowest BCUT2D eigenvalue weighted by Gasteiger charge is -2.37. The molecular formula is C34H35N5O7. The summed E-state index contributed by atoms with van der Waals surface area (Å²) in [5.41, 5.74) is 1.29. The Bertz CT molecular complexity index is 1810. The summed E-state index contributed by atoms with van der Waals surface area (Å²) in [7, 11) is 3.23. The summed E-state index contributed by atoms with van der Waals surface area (Å²) in [6.07, 6.45) is -0.452. The number of rotatable bonds is 11. The molecule has 3 unspecified atom stereocenters. The Morgan fingerprint density at radius 2 is 1.61 bits per heavy atom. The molecule has 3 atom stereocenters. The van der Waals surface area contributed by atoms with E-state index in [4.69, 9.17) is 18.9 Å². The molecule has 0 radical (unpaired) electrons. The van der Waals surface area contributed by atoms with Gasteiger partial charge >= 0.3 is 0 Å². The highest BCUT2D eigenvalue weighted by atomic mass is 16.6. The molecule has 46 heavy (non-hydrogen) atoms. The third-order valence-corrected chi connectivity index (χ3v) is 8.16. The number of carbonyl (C=O) groups excluding carboxylic acids is 1. The number of aliphatic hydroxyl groups is 1. The van der Waals surface area contributed by atoms with E-state index in [-0.39, 0.29) is 42.5 Å². The fraction of sp³-hybridized carbons (Fsp3) is 0.294. The van der Waals surface area contributed by atoms with Crippen LogP contribution in [-0.4, -0.2) is 63.6 Å². The molecule has 3 aromatic carbocycles. The second-order valence-electron chi connectivity index (χ2n) is 10.9. The van der Waals surface area contributed by atoms with Crippen molar-refractivity contribution in [3.63, 3.8) is 0 Å². The van der Waals surface area contributed by atoms with E-state index in [1.165, 1.54) is 6.33 Å². The normalized spacial score (nSPS) is 18.0. The number of amides is 1. The van der Waals surface area contributed by atoms with Gasteiger partial charge in [-0.15, -0.1) is 0 Å². The van der Waals surface area contributed by atoms with Crippen LogP contribution in [0.5, 0.6) is 11.5 Å². The third-order valence-electron chi connectivity index (χ3n) is 8.16. The molecule has 0 bridgehead atoms. The Balaban J connectivity index is 1.34. The Labute approximate surface area is 264 Å². The summed E-state index contributed by atoms with van der Waals surface area (Å²) in [6.45, 7) is 1.71. The minimum atomic E-state index is -1.09. The van der Waals surface area contributed by atoms with E-state index in [0.29, 0.717) is 11.5 Å². The topological polar surface area (TPSA) is 150 Å². The van der Waals surface area contributed by atoms with Crippen LogP contribution in [0.4, 0.5) is 5.95 Å². The van der Waals surface area contributed by atoms with Crippen LogP contribution in [0, 0.1) is 0 Å². The zero-order valence-corrected chi connectivity index (χ0v) is 25.7. The molecule has 12 heteroatoms. The van der Waals surface area contributed by atoms with Crippen molar-refractivity contribution >= 4 is 23.0 Å². The number of nitrogens with zero attached hydrogens (tertiary/aromatic N) is 3. The van der Waals surface area contributed by atoms with Crippen molar-refractivity contribution in [2.45, 2.75) is 43.8 Å². The molecule has 0 spiro atoms. The molecule has 0 aliphatic carbocycles. The number of ether oxygens (including phenoxy) is 4. The van der Waals surface area contributed by atoms with Crippen LogP contribution < -0.4 is 20.3 Å². The van der Waals surface area contributed by atoms with Crippen molar-refractivity contribution in [2.75, 3.05) is 26.1 Å². The molecule has 3 N–H and O–H groups in total. The number of aromatic amines is 1. The van der Waals surface area contributed by atoms with Gasteiger partial charge < -0.3 is 24.1 Å². The second kappa shape index (κ2) is 13.1. The highest BCUT2D eigenvalue weighted by molar-refractivity contribution is 5.89. The van der Waals surface area contributed by atoms with E-state index < -0.39 is 29.6 Å². The molecule has 1 aliphatic rings. The summed E-state index contributed by atoms with van der Waals surface area (Å²) in [5, 5.41) is 13.8. The molecule has 5 aromatic rings. The summed E-state index contributed by atoms with van der Waals surface area (Å²) in [4.78, 5) is 35.8. The summed E-state index contributed by atoms with van der Waals surface area (Å²) in [5.74, 6) is 1.12. The van der Waals surface area contributed by atoms with Crippen LogP contribution in [0.15, 0.2) is 90.0 Å². The molecule has 12 nitrogen and oxygen atoms in total. The lowest BCUT2D eigenvalue weighted by Crippen LogP contribution is -2.38. The quantitative estimate of drug-likeness (QED) is 0.184. The molecule has 1 aliphatic heterocycles. The molecule has 1 amide bonds. The average Bonchev–Trinajstić information content (AvgIpc) is 3.69. The van der Waals surface area contributed by atoms with Gasteiger partial charge in [0.15, 0.2) is 11.2 Å². The maximum atomic E-state index is 12.7. The molecule has 3 heterocycles. The van der Waals surface area contributed by atoms with Crippen LogP contribution >= 0.6 is 0 Å². The highest BCUT2D eigenvalue weighted by Crippen LogP contribution is 2.43. The SMILES string of the molecule is CCC(=O)Nc1nc2c(ncn2C2CC(O)C(COC(c3ccccc3)(c3ccc(OC)cc3)c3ccc(OC)cc3)O2)c(=O)[nH]1. The van der Waals surface area contributed by atoms with Gasteiger partial charge in [0.25, 0.3) is 5.56 Å². The van der Waals surface area contributed by atoms with Gasteiger partial charge in [0.1, 0.15) is 29.4 Å². The predicted molar refractivity (Wildman–Crippen MR) is 170 cm³/mol. The zero-order valence-electron chi connectivity index (χ0n) is 25.7. The number of carbonyl (C=O) groups is 1. The molecule has 2 aromatic heterocycles. The van der Waals surface area contributed by atoms with Gasteiger partial charge in [0.05, 0.1) is 33.3 Å². The Kier molecular flexibility index (Phi) is 8.84. The van der Waals surface area contributed by atoms with E-state index in [1.807, 2.05) is 78.9 Å². The molecule has 1 fully saturated rings. The number of fused-ring (bicyclic) bond motifs is 1. The van der Waals surface area contributed by atoms with Crippen LogP contribution in [0.2, 0.25) is 0 Å². The number of benzene rings is 3. The maximum Gasteiger partial charge on any atom is 0.280 e. The second-order valence-corrected chi connectivity index (χ2v) is 10.9. The van der Waals surface area contributed by atoms with Crippen LogP contribution in [0.3, 0.4) is 0 Å². The average molecular weight is 626 g/mol. The summed E-state index contributed by atoms with van der Waals surface area (Å²) >= 11 is 0. The van der Waals surface area contributed by atoms with Crippen molar-refractivity contribution in [1.29, 1.82) is 0 Å². The number of H-pyrrole nitrogens is 1.